The van der Waals surface area contributed by atoms with E-state index in [0.29, 0.717) is 0 Å². The van der Waals surface area contributed by atoms with Gasteiger partial charge in [0.25, 0.3) is 0 Å². The van der Waals surface area contributed by atoms with Crippen LogP contribution in [0.2, 0.25) is 0 Å². The van der Waals surface area contributed by atoms with Crippen molar-refractivity contribution in [2.24, 2.45) is 5.92 Å². The van der Waals surface area contributed by atoms with E-state index in [2.05, 4.69) is 5.43 Å². The molecule has 0 aliphatic carbocycles. The van der Waals surface area contributed by atoms with Crippen molar-refractivity contribution in [1.29, 1.82) is 0 Å². The summed E-state index contributed by atoms with van der Waals surface area (Å²) in [4.78, 5) is 11.2. The number of hydrogen-bond acceptors (Lipinski definition) is 2. The van der Waals surface area contributed by atoms with Gasteiger partial charge < -0.3 is 0 Å². The lowest BCUT2D eigenvalue weighted by atomic mass is 10.0. The largest absolute Gasteiger partial charge is 0.278 e. The lowest BCUT2D eigenvalue weighted by molar-refractivity contribution is -0.140. The minimum atomic E-state index is 0.209. The summed E-state index contributed by atoms with van der Waals surface area (Å²) in [5.41, 5.74) is 2.87. The standard InChI is InChI=1S/C7H14N2O/c1-6-4-3-5-9(8-2)7(6)10/h6,8H,3-5H2,1-2H3. The summed E-state index contributed by atoms with van der Waals surface area (Å²) in [5, 5.41) is 1.69. The highest BCUT2D eigenvalue weighted by Gasteiger charge is 2.23. The van der Waals surface area contributed by atoms with Crippen molar-refractivity contribution in [3.63, 3.8) is 0 Å². The van der Waals surface area contributed by atoms with Crippen LogP contribution >= 0.6 is 0 Å². The molecular weight excluding hydrogens is 128 g/mol. The molecule has 1 aliphatic rings. The second kappa shape index (κ2) is 3.01. The molecule has 0 radical (unpaired) electrons. The van der Waals surface area contributed by atoms with Gasteiger partial charge in [-0.25, -0.2) is 5.43 Å². The van der Waals surface area contributed by atoms with E-state index < -0.39 is 0 Å². The molecule has 1 aliphatic heterocycles. The molecule has 0 aromatic rings. The van der Waals surface area contributed by atoms with E-state index in [4.69, 9.17) is 0 Å². The fourth-order valence-electron chi connectivity index (χ4n) is 1.28. The second-order valence-corrected chi connectivity index (χ2v) is 2.76. The van der Waals surface area contributed by atoms with Gasteiger partial charge in [0, 0.05) is 19.5 Å². The van der Waals surface area contributed by atoms with Crippen LogP contribution in [0.4, 0.5) is 0 Å². The number of carbonyl (C=O) groups is 1. The molecule has 1 heterocycles. The third-order valence-electron chi connectivity index (χ3n) is 1.98. The number of amides is 1. The van der Waals surface area contributed by atoms with Crippen molar-refractivity contribution in [3.05, 3.63) is 0 Å². The minimum absolute atomic E-state index is 0.209. The highest BCUT2D eigenvalue weighted by Crippen LogP contribution is 2.14. The van der Waals surface area contributed by atoms with Gasteiger partial charge >= 0.3 is 0 Å². The van der Waals surface area contributed by atoms with Crippen LogP contribution in [0.25, 0.3) is 0 Å². The molecule has 58 valence electrons. The summed E-state index contributed by atoms with van der Waals surface area (Å²) >= 11 is 0. The van der Waals surface area contributed by atoms with Crippen LogP contribution in [-0.2, 0) is 4.79 Å². The average Bonchev–Trinajstić information content (AvgIpc) is 1.95. The molecule has 10 heavy (non-hydrogen) atoms. The Kier molecular flexibility index (Phi) is 2.27. The number of carbonyl (C=O) groups excluding carboxylic acids is 1. The van der Waals surface area contributed by atoms with E-state index >= 15 is 0 Å². The molecular formula is C7H14N2O. The zero-order chi connectivity index (χ0) is 7.56. The zero-order valence-electron chi connectivity index (χ0n) is 6.55. The van der Waals surface area contributed by atoms with Gasteiger partial charge in [0.1, 0.15) is 0 Å². The van der Waals surface area contributed by atoms with Crippen molar-refractivity contribution in [3.8, 4) is 0 Å². The molecule has 1 saturated heterocycles. The lowest BCUT2D eigenvalue weighted by Crippen LogP contribution is -2.46. The fourth-order valence-corrected chi connectivity index (χ4v) is 1.28. The molecule has 1 fully saturated rings. The average molecular weight is 142 g/mol. The highest BCUT2D eigenvalue weighted by atomic mass is 16.2. The maximum atomic E-state index is 11.2. The van der Waals surface area contributed by atoms with Gasteiger partial charge in [-0.2, -0.15) is 0 Å². The Labute approximate surface area is 61.4 Å². The van der Waals surface area contributed by atoms with Crippen LogP contribution in [0.15, 0.2) is 0 Å². The first-order valence-electron chi connectivity index (χ1n) is 3.74. The van der Waals surface area contributed by atoms with E-state index in [1.165, 1.54) is 0 Å². The number of nitrogens with one attached hydrogen (secondary N) is 1. The van der Waals surface area contributed by atoms with Gasteiger partial charge in [0.05, 0.1) is 0 Å². The quantitative estimate of drug-likeness (QED) is 0.574. The predicted octanol–water partition coefficient (Wildman–Crippen LogP) is 0.379. The van der Waals surface area contributed by atoms with Crippen molar-refractivity contribution < 1.29 is 4.79 Å². The van der Waals surface area contributed by atoms with E-state index in [1.807, 2.05) is 6.92 Å². The molecule has 1 atom stereocenters. The Morgan fingerprint density at radius 1 is 1.70 bits per heavy atom. The molecule has 3 nitrogen and oxygen atoms in total. The van der Waals surface area contributed by atoms with Crippen LogP contribution in [0.5, 0.6) is 0 Å². The summed E-state index contributed by atoms with van der Waals surface area (Å²) in [6, 6.07) is 0. The minimum Gasteiger partial charge on any atom is -0.278 e. The van der Waals surface area contributed by atoms with E-state index in [0.717, 1.165) is 19.4 Å². The van der Waals surface area contributed by atoms with Crippen LogP contribution in [0.1, 0.15) is 19.8 Å². The third kappa shape index (κ3) is 1.29. The Hall–Kier alpha value is -0.570. The van der Waals surface area contributed by atoms with Gasteiger partial charge in [0.15, 0.2) is 0 Å². The Morgan fingerprint density at radius 3 is 2.90 bits per heavy atom. The summed E-state index contributed by atoms with van der Waals surface area (Å²) < 4.78 is 0. The summed E-state index contributed by atoms with van der Waals surface area (Å²) in [6.45, 7) is 2.84. The monoisotopic (exact) mass is 142 g/mol. The SMILES string of the molecule is CNN1CCCC(C)C1=O. The van der Waals surface area contributed by atoms with Crippen LogP contribution in [-0.4, -0.2) is 24.5 Å². The summed E-state index contributed by atoms with van der Waals surface area (Å²) in [7, 11) is 1.79. The van der Waals surface area contributed by atoms with Gasteiger partial charge in [-0.1, -0.05) is 6.92 Å². The summed E-state index contributed by atoms with van der Waals surface area (Å²) in [6.07, 6.45) is 2.16. The predicted molar refractivity (Wildman–Crippen MR) is 39.2 cm³/mol. The molecule has 0 spiro atoms. The molecule has 0 saturated carbocycles. The van der Waals surface area contributed by atoms with Crippen molar-refractivity contribution in [2.45, 2.75) is 19.8 Å². The fraction of sp³-hybridized carbons (Fsp3) is 0.857. The molecule has 1 amide bonds. The number of hydrazine groups is 1. The van der Waals surface area contributed by atoms with E-state index in [-0.39, 0.29) is 11.8 Å². The van der Waals surface area contributed by atoms with Crippen LogP contribution < -0.4 is 5.43 Å². The molecule has 0 aromatic carbocycles. The van der Waals surface area contributed by atoms with Gasteiger partial charge in [-0.15, -0.1) is 0 Å². The maximum Gasteiger partial charge on any atom is 0.239 e. The molecule has 0 aromatic heterocycles. The van der Waals surface area contributed by atoms with E-state index in [9.17, 15) is 4.79 Å². The highest BCUT2D eigenvalue weighted by molar-refractivity contribution is 5.78. The van der Waals surface area contributed by atoms with Crippen molar-refractivity contribution >= 4 is 5.91 Å². The topological polar surface area (TPSA) is 32.3 Å². The first kappa shape index (κ1) is 7.54. The van der Waals surface area contributed by atoms with Gasteiger partial charge in [0.2, 0.25) is 5.91 Å². The number of rotatable bonds is 1. The van der Waals surface area contributed by atoms with Gasteiger partial charge in [-0.05, 0) is 12.8 Å². The Balaban J connectivity index is 2.51. The third-order valence-corrected chi connectivity index (χ3v) is 1.98. The molecule has 1 unspecified atom stereocenters. The number of piperidine rings is 1. The Bertz CT molecular complexity index is 136. The summed E-state index contributed by atoms with van der Waals surface area (Å²) in [5.74, 6) is 0.440. The molecule has 0 bridgehead atoms. The normalized spacial score (nSPS) is 27.2. The number of nitrogens with zero attached hydrogens (tertiary/aromatic N) is 1. The smallest absolute Gasteiger partial charge is 0.239 e. The van der Waals surface area contributed by atoms with E-state index in [1.54, 1.807) is 12.1 Å². The molecule has 3 heteroatoms. The molecule has 1 N–H and O–H groups in total. The first-order valence-corrected chi connectivity index (χ1v) is 3.74. The lowest BCUT2D eigenvalue weighted by Gasteiger charge is -2.29. The Morgan fingerprint density at radius 2 is 2.40 bits per heavy atom. The number of hydrogen-bond donors (Lipinski definition) is 1. The van der Waals surface area contributed by atoms with Crippen molar-refractivity contribution in [1.82, 2.24) is 10.4 Å². The van der Waals surface area contributed by atoms with Gasteiger partial charge in [-0.3, -0.25) is 9.80 Å². The molecule has 1 rings (SSSR count). The zero-order valence-corrected chi connectivity index (χ0v) is 6.55. The van der Waals surface area contributed by atoms with Crippen molar-refractivity contribution in [2.75, 3.05) is 13.6 Å². The first-order chi connectivity index (χ1) is 4.75. The van der Waals surface area contributed by atoms with Crippen LogP contribution in [0, 0.1) is 5.92 Å². The van der Waals surface area contributed by atoms with Crippen LogP contribution in [0.3, 0.4) is 0 Å². The second-order valence-electron chi connectivity index (χ2n) is 2.76. The maximum absolute atomic E-state index is 11.2.